The van der Waals surface area contributed by atoms with Crippen molar-refractivity contribution in [2.24, 2.45) is 7.05 Å². The van der Waals surface area contributed by atoms with Crippen LogP contribution in [-0.4, -0.2) is 48.8 Å². The van der Waals surface area contributed by atoms with Crippen LogP contribution in [0, 0.1) is 13.8 Å². The SMILES string of the molecule is Cc1nn(C)c(C)c1S(=O)(=O)NC(C)C(=O)NC1CCNC(C)C1. The third kappa shape index (κ3) is 4.14. The van der Waals surface area contributed by atoms with E-state index in [1.807, 2.05) is 0 Å². The summed E-state index contributed by atoms with van der Waals surface area (Å²) in [5.41, 5.74) is 0.960. The molecule has 24 heavy (non-hydrogen) atoms. The maximum Gasteiger partial charge on any atom is 0.244 e. The Morgan fingerprint density at radius 1 is 1.42 bits per heavy atom. The first-order valence-corrected chi connectivity index (χ1v) is 9.66. The first-order chi connectivity index (χ1) is 11.1. The minimum Gasteiger partial charge on any atom is -0.352 e. The topological polar surface area (TPSA) is 105 Å². The predicted molar refractivity (Wildman–Crippen MR) is 91.1 cm³/mol. The number of nitrogens with one attached hydrogen (secondary N) is 3. The molecule has 0 saturated carbocycles. The van der Waals surface area contributed by atoms with E-state index in [0.717, 1.165) is 19.4 Å². The number of sulfonamides is 1. The third-order valence-electron chi connectivity index (χ3n) is 4.41. The summed E-state index contributed by atoms with van der Waals surface area (Å²) in [5, 5.41) is 10.4. The Hall–Kier alpha value is -1.45. The average molecular weight is 357 g/mol. The second kappa shape index (κ2) is 7.20. The van der Waals surface area contributed by atoms with Crippen molar-refractivity contribution in [1.29, 1.82) is 0 Å². The Morgan fingerprint density at radius 2 is 2.08 bits per heavy atom. The first-order valence-electron chi connectivity index (χ1n) is 8.18. The monoisotopic (exact) mass is 357 g/mol. The van der Waals surface area contributed by atoms with Gasteiger partial charge in [-0.3, -0.25) is 9.48 Å². The van der Waals surface area contributed by atoms with Gasteiger partial charge in [-0.2, -0.15) is 9.82 Å². The predicted octanol–water partition coefficient (Wildman–Crippen LogP) is -0.0396. The van der Waals surface area contributed by atoms with Gasteiger partial charge < -0.3 is 10.6 Å². The standard InChI is InChI=1S/C15H27N5O3S/c1-9-8-13(6-7-16-9)17-15(21)11(3)19-24(22,23)14-10(2)18-20(5)12(14)4/h9,11,13,16,19H,6-8H2,1-5H3,(H,17,21). The Balaban J connectivity index is 2.04. The number of piperidine rings is 1. The molecule has 0 aliphatic carbocycles. The van der Waals surface area contributed by atoms with E-state index in [9.17, 15) is 13.2 Å². The van der Waals surface area contributed by atoms with Crippen LogP contribution >= 0.6 is 0 Å². The molecule has 1 saturated heterocycles. The number of carbonyl (C=O) groups is 1. The summed E-state index contributed by atoms with van der Waals surface area (Å²) in [6.45, 7) is 7.80. The van der Waals surface area contributed by atoms with Crippen LogP contribution in [0.3, 0.4) is 0 Å². The van der Waals surface area contributed by atoms with Crippen molar-refractivity contribution in [1.82, 2.24) is 25.1 Å². The van der Waals surface area contributed by atoms with Crippen LogP contribution in [0.1, 0.15) is 38.1 Å². The molecule has 3 unspecified atom stereocenters. The van der Waals surface area contributed by atoms with Crippen molar-refractivity contribution in [3.05, 3.63) is 11.4 Å². The number of hydrogen-bond donors (Lipinski definition) is 3. The van der Waals surface area contributed by atoms with E-state index in [-0.39, 0.29) is 16.8 Å². The molecule has 0 bridgehead atoms. The number of aromatic nitrogens is 2. The molecule has 0 aromatic carbocycles. The highest BCUT2D eigenvalue weighted by atomic mass is 32.2. The summed E-state index contributed by atoms with van der Waals surface area (Å²) < 4.78 is 29.2. The number of carbonyl (C=O) groups excluding carboxylic acids is 1. The zero-order chi connectivity index (χ0) is 18.1. The molecular formula is C15H27N5O3S. The van der Waals surface area contributed by atoms with E-state index < -0.39 is 16.1 Å². The lowest BCUT2D eigenvalue weighted by Crippen LogP contribution is -2.52. The number of aryl methyl sites for hydroxylation is 2. The number of rotatable bonds is 5. The average Bonchev–Trinajstić information content (AvgIpc) is 2.71. The highest BCUT2D eigenvalue weighted by molar-refractivity contribution is 7.89. The molecule has 1 fully saturated rings. The van der Waals surface area contributed by atoms with Crippen LogP contribution < -0.4 is 15.4 Å². The van der Waals surface area contributed by atoms with Crippen molar-refractivity contribution in [3.63, 3.8) is 0 Å². The van der Waals surface area contributed by atoms with Crippen LogP contribution in [0.4, 0.5) is 0 Å². The molecule has 1 aliphatic rings. The molecule has 0 spiro atoms. The number of amides is 1. The van der Waals surface area contributed by atoms with Gasteiger partial charge in [-0.1, -0.05) is 0 Å². The molecule has 1 amide bonds. The van der Waals surface area contributed by atoms with Gasteiger partial charge in [-0.15, -0.1) is 0 Å². The van der Waals surface area contributed by atoms with E-state index in [1.54, 1.807) is 27.8 Å². The Bertz CT molecular complexity index is 713. The van der Waals surface area contributed by atoms with E-state index in [2.05, 4.69) is 27.4 Å². The second-order valence-electron chi connectivity index (χ2n) is 6.55. The number of nitrogens with zero attached hydrogens (tertiary/aromatic N) is 2. The highest BCUT2D eigenvalue weighted by Crippen LogP contribution is 2.18. The van der Waals surface area contributed by atoms with Gasteiger partial charge >= 0.3 is 0 Å². The summed E-state index contributed by atoms with van der Waals surface area (Å²) in [7, 11) is -2.11. The van der Waals surface area contributed by atoms with Gasteiger partial charge in [0.05, 0.1) is 17.4 Å². The summed E-state index contributed by atoms with van der Waals surface area (Å²) in [6.07, 6.45) is 1.68. The van der Waals surface area contributed by atoms with Gasteiger partial charge in [0.15, 0.2) is 0 Å². The summed E-state index contributed by atoms with van der Waals surface area (Å²) >= 11 is 0. The molecule has 3 N–H and O–H groups in total. The molecule has 1 aliphatic heterocycles. The van der Waals surface area contributed by atoms with Gasteiger partial charge in [-0.05, 0) is 47.1 Å². The fourth-order valence-electron chi connectivity index (χ4n) is 3.08. The molecule has 2 heterocycles. The zero-order valence-corrected chi connectivity index (χ0v) is 15.7. The van der Waals surface area contributed by atoms with Crippen molar-refractivity contribution in [2.45, 2.75) is 63.6 Å². The maximum absolute atomic E-state index is 12.6. The lowest BCUT2D eigenvalue weighted by molar-refractivity contribution is -0.123. The van der Waals surface area contributed by atoms with Crippen LogP contribution in [0.15, 0.2) is 4.90 Å². The molecule has 0 radical (unpaired) electrons. The molecule has 1 aromatic rings. The minimum atomic E-state index is -3.80. The van der Waals surface area contributed by atoms with Gasteiger partial charge in [0.2, 0.25) is 15.9 Å². The molecule has 8 nitrogen and oxygen atoms in total. The molecular weight excluding hydrogens is 330 g/mol. The Labute approximate surface area is 143 Å². The van der Waals surface area contributed by atoms with E-state index in [4.69, 9.17) is 0 Å². The van der Waals surface area contributed by atoms with Crippen molar-refractivity contribution in [2.75, 3.05) is 6.54 Å². The normalized spacial score (nSPS) is 23.0. The summed E-state index contributed by atoms with van der Waals surface area (Å²) in [4.78, 5) is 12.5. The van der Waals surface area contributed by atoms with Crippen LogP contribution in [0.5, 0.6) is 0 Å². The van der Waals surface area contributed by atoms with Crippen molar-refractivity contribution >= 4 is 15.9 Å². The molecule has 3 atom stereocenters. The van der Waals surface area contributed by atoms with E-state index in [1.165, 1.54) is 4.68 Å². The van der Waals surface area contributed by atoms with Crippen molar-refractivity contribution in [3.8, 4) is 0 Å². The van der Waals surface area contributed by atoms with Crippen LogP contribution in [0.25, 0.3) is 0 Å². The molecule has 136 valence electrons. The lowest BCUT2D eigenvalue weighted by Gasteiger charge is -2.29. The number of hydrogen-bond acceptors (Lipinski definition) is 5. The third-order valence-corrected chi connectivity index (χ3v) is 6.20. The van der Waals surface area contributed by atoms with Crippen LogP contribution in [0.2, 0.25) is 0 Å². The summed E-state index contributed by atoms with van der Waals surface area (Å²) in [5.74, 6) is -0.308. The maximum atomic E-state index is 12.6. The summed E-state index contributed by atoms with van der Waals surface area (Å²) in [6, 6.07) is -0.432. The van der Waals surface area contributed by atoms with E-state index in [0.29, 0.717) is 17.4 Å². The fraction of sp³-hybridized carbons (Fsp3) is 0.733. The zero-order valence-electron chi connectivity index (χ0n) is 14.9. The van der Waals surface area contributed by atoms with Gasteiger partial charge in [-0.25, -0.2) is 8.42 Å². The lowest BCUT2D eigenvalue weighted by atomic mass is 10.0. The first kappa shape index (κ1) is 18.9. The van der Waals surface area contributed by atoms with E-state index >= 15 is 0 Å². The van der Waals surface area contributed by atoms with Gasteiger partial charge in [0, 0.05) is 19.1 Å². The highest BCUT2D eigenvalue weighted by Gasteiger charge is 2.29. The van der Waals surface area contributed by atoms with Gasteiger partial charge in [0.25, 0.3) is 0 Å². The van der Waals surface area contributed by atoms with Crippen LogP contribution in [-0.2, 0) is 21.9 Å². The Kier molecular flexibility index (Phi) is 5.67. The molecule has 2 rings (SSSR count). The molecule has 1 aromatic heterocycles. The van der Waals surface area contributed by atoms with Crippen molar-refractivity contribution < 1.29 is 13.2 Å². The second-order valence-corrected chi connectivity index (χ2v) is 8.20. The largest absolute Gasteiger partial charge is 0.352 e. The molecule has 9 heteroatoms. The van der Waals surface area contributed by atoms with Gasteiger partial charge in [0.1, 0.15) is 4.90 Å². The Morgan fingerprint density at radius 3 is 2.62 bits per heavy atom. The quantitative estimate of drug-likeness (QED) is 0.686. The minimum absolute atomic E-state index is 0.0718. The fourth-order valence-corrected chi connectivity index (χ4v) is 4.72. The smallest absolute Gasteiger partial charge is 0.244 e.